The van der Waals surface area contributed by atoms with Crippen LogP contribution in [0, 0.1) is 0 Å². The number of carbonyl (C=O) groups is 2. The molecule has 0 atom stereocenters. The van der Waals surface area contributed by atoms with E-state index in [0.717, 1.165) is 18.2 Å². The predicted molar refractivity (Wildman–Crippen MR) is 51.5 cm³/mol. The van der Waals surface area contributed by atoms with E-state index < -0.39 is 41.5 Å². The maximum absolute atomic E-state index is 12.5. The lowest BCUT2D eigenvalue weighted by Crippen LogP contribution is -2.26. The Morgan fingerprint density at radius 1 is 0.947 bits per heavy atom. The molecule has 0 aliphatic carbocycles. The Morgan fingerprint density at radius 3 is 1.95 bits per heavy atom. The highest BCUT2D eigenvalue weighted by Gasteiger charge is 2.41. The van der Waals surface area contributed by atoms with Gasteiger partial charge in [0.1, 0.15) is 0 Å². The van der Waals surface area contributed by atoms with Gasteiger partial charge in [0.25, 0.3) is 0 Å². The SMILES string of the molecule is O=C(CC(=O)C(F)(F)F)c1ccccc1C(F)(F)F. The van der Waals surface area contributed by atoms with Gasteiger partial charge < -0.3 is 0 Å². The van der Waals surface area contributed by atoms with E-state index in [2.05, 4.69) is 0 Å². The standard InChI is InChI=1S/C11H6F6O2/c12-10(13,14)7-4-2-1-3-6(7)8(18)5-9(19)11(15,16)17/h1-4H,5H2. The third-order valence-corrected chi connectivity index (χ3v) is 2.17. The molecule has 0 spiro atoms. The average Bonchev–Trinajstić information content (AvgIpc) is 2.26. The van der Waals surface area contributed by atoms with Crippen molar-refractivity contribution in [3.63, 3.8) is 0 Å². The molecular formula is C11H6F6O2. The maximum atomic E-state index is 12.5. The number of halogens is 6. The first-order valence-electron chi connectivity index (χ1n) is 4.83. The molecule has 0 heterocycles. The summed E-state index contributed by atoms with van der Waals surface area (Å²) in [6, 6.07) is 3.35. The van der Waals surface area contributed by atoms with Gasteiger partial charge >= 0.3 is 12.4 Å². The van der Waals surface area contributed by atoms with Crippen molar-refractivity contribution in [2.75, 3.05) is 0 Å². The molecule has 104 valence electrons. The number of benzene rings is 1. The van der Waals surface area contributed by atoms with Gasteiger partial charge in [-0.2, -0.15) is 26.3 Å². The van der Waals surface area contributed by atoms with Crippen LogP contribution in [-0.4, -0.2) is 17.7 Å². The summed E-state index contributed by atoms with van der Waals surface area (Å²) in [4.78, 5) is 21.9. The molecule has 1 aromatic rings. The fraction of sp³-hybridized carbons (Fsp3) is 0.273. The van der Waals surface area contributed by atoms with Crippen LogP contribution in [0.5, 0.6) is 0 Å². The first-order chi connectivity index (χ1) is 8.53. The molecule has 1 aromatic carbocycles. The average molecular weight is 284 g/mol. The van der Waals surface area contributed by atoms with Crippen molar-refractivity contribution in [1.29, 1.82) is 0 Å². The van der Waals surface area contributed by atoms with E-state index in [1.165, 1.54) is 0 Å². The molecule has 0 radical (unpaired) electrons. The van der Waals surface area contributed by atoms with Crippen LogP contribution in [0.3, 0.4) is 0 Å². The van der Waals surface area contributed by atoms with Gasteiger partial charge in [-0.3, -0.25) is 9.59 Å². The Bertz CT molecular complexity index is 501. The lowest BCUT2D eigenvalue weighted by Gasteiger charge is -2.11. The predicted octanol–water partition coefficient (Wildman–Crippen LogP) is 3.41. The Morgan fingerprint density at radius 2 is 1.47 bits per heavy atom. The molecule has 0 fully saturated rings. The summed E-state index contributed by atoms with van der Waals surface area (Å²) in [5, 5.41) is 0. The zero-order valence-electron chi connectivity index (χ0n) is 9.10. The van der Waals surface area contributed by atoms with E-state index in [1.54, 1.807) is 0 Å². The summed E-state index contributed by atoms with van der Waals surface area (Å²) >= 11 is 0. The fourth-order valence-electron chi connectivity index (χ4n) is 1.31. The number of hydrogen-bond donors (Lipinski definition) is 0. The van der Waals surface area contributed by atoms with Gasteiger partial charge in [0.05, 0.1) is 12.0 Å². The van der Waals surface area contributed by atoms with Crippen molar-refractivity contribution in [3.05, 3.63) is 35.4 Å². The van der Waals surface area contributed by atoms with Gasteiger partial charge in [0, 0.05) is 5.56 Å². The quantitative estimate of drug-likeness (QED) is 0.484. The van der Waals surface area contributed by atoms with Crippen molar-refractivity contribution in [2.45, 2.75) is 18.8 Å². The topological polar surface area (TPSA) is 34.1 Å². The molecule has 0 aliphatic rings. The summed E-state index contributed by atoms with van der Waals surface area (Å²) in [5.74, 6) is -3.90. The van der Waals surface area contributed by atoms with Crippen LogP contribution < -0.4 is 0 Å². The highest BCUT2D eigenvalue weighted by atomic mass is 19.4. The summed E-state index contributed by atoms with van der Waals surface area (Å²) < 4.78 is 73.4. The zero-order valence-corrected chi connectivity index (χ0v) is 9.10. The number of rotatable bonds is 3. The molecule has 8 heteroatoms. The lowest BCUT2D eigenvalue weighted by atomic mass is 10.00. The summed E-state index contributed by atoms with van der Waals surface area (Å²) in [7, 11) is 0. The Kier molecular flexibility index (Phi) is 4.02. The zero-order chi connectivity index (χ0) is 14.8. The van der Waals surface area contributed by atoms with Crippen LogP contribution >= 0.6 is 0 Å². The molecule has 0 saturated carbocycles. The molecule has 0 aliphatic heterocycles. The molecular weight excluding hydrogens is 278 g/mol. The van der Waals surface area contributed by atoms with E-state index >= 15 is 0 Å². The van der Waals surface area contributed by atoms with E-state index in [9.17, 15) is 35.9 Å². The van der Waals surface area contributed by atoms with Crippen LogP contribution in [0.1, 0.15) is 22.3 Å². The van der Waals surface area contributed by atoms with E-state index in [0.29, 0.717) is 6.07 Å². The second-order valence-corrected chi connectivity index (χ2v) is 3.56. The summed E-state index contributed by atoms with van der Waals surface area (Å²) in [5.41, 5.74) is -2.32. The van der Waals surface area contributed by atoms with Gasteiger partial charge in [-0.1, -0.05) is 18.2 Å². The second-order valence-electron chi connectivity index (χ2n) is 3.56. The van der Waals surface area contributed by atoms with Crippen LogP contribution in [0.15, 0.2) is 24.3 Å². The van der Waals surface area contributed by atoms with Crippen LogP contribution in [0.4, 0.5) is 26.3 Å². The largest absolute Gasteiger partial charge is 0.450 e. The monoisotopic (exact) mass is 284 g/mol. The highest BCUT2D eigenvalue weighted by Crippen LogP contribution is 2.32. The van der Waals surface area contributed by atoms with Crippen LogP contribution in [0.2, 0.25) is 0 Å². The summed E-state index contributed by atoms with van der Waals surface area (Å²) in [6.45, 7) is 0. The lowest BCUT2D eigenvalue weighted by molar-refractivity contribution is -0.170. The van der Waals surface area contributed by atoms with Gasteiger partial charge in [-0.05, 0) is 6.07 Å². The fourth-order valence-corrected chi connectivity index (χ4v) is 1.31. The van der Waals surface area contributed by atoms with Crippen molar-refractivity contribution in [2.24, 2.45) is 0 Å². The molecule has 0 aromatic heterocycles. The second kappa shape index (κ2) is 5.02. The minimum Gasteiger partial charge on any atom is -0.294 e. The first-order valence-corrected chi connectivity index (χ1v) is 4.83. The Hall–Kier alpha value is -1.86. The molecule has 19 heavy (non-hydrogen) atoms. The first kappa shape index (κ1) is 15.2. The molecule has 1 rings (SSSR count). The third kappa shape index (κ3) is 3.80. The van der Waals surface area contributed by atoms with Crippen molar-refractivity contribution >= 4 is 11.6 Å². The minimum atomic E-state index is -5.25. The number of alkyl halides is 6. The number of carbonyl (C=O) groups excluding carboxylic acids is 2. The smallest absolute Gasteiger partial charge is 0.294 e. The van der Waals surface area contributed by atoms with Crippen molar-refractivity contribution in [3.8, 4) is 0 Å². The molecule has 0 saturated heterocycles. The molecule has 2 nitrogen and oxygen atoms in total. The third-order valence-electron chi connectivity index (χ3n) is 2.17. The maximum Gasteiger partial charge on any atom is 0.450 e. The Labute approximate surface area is 103 Å². The van der Waals surface area contributed by atoms with Crippen molar-refractivity contribution < 1.29 is 35.9 Å². The number of Topliss-reactive ketones (excluding diaryl/α,β-unsaturated/α-hetero) is 2. The normalized spacial score (nSPS) is 12.3. The van der Waals surface area contributed by atoms with Gasteiger partial charge in [-0.15, -0.1) is 0 Å². The molecule has 0 N–H and O–H groups in total. The van der Waals surface area contributed by atoms with Gasteiger partial charge in [0.15, 0.2) is 5.78 Å². The van der Waals surface area contributed by atoms with E-state index in [4.69, 9.17) is 0 Å². The highest BCUT2D eigenvalue weighted by molar-refractivity contribution is 6.10. The van der Waals surface area contributed by atoms with E-state index in [1.807, 2.05) is 0 Å². The van der Waals surface area contributed by atoms with E-state index in [-0.39, 0.29) is 0 Å². The number of hydrogen-bond acceptors (Lipinski definition) is 2. The Balaban J connectivity index is 3.05. The molecule has 0 bridgehead atoms. The minimum absolute atomic E-state index is 0.561. The van der Waals surface area contributed by atoms with Gasteiger partial charge in [0.2, 0.25) is 5.78 Å². The number of ketones is 2. The van der Waals surface area contributed by atoms with Crippen LogP contribution in [-0.2, 0) is 11.0 Å². The van der Waals surface area contributed by atoms with Crippen molar-refractivity contribution in [1.82, 2.24) is 0 Å². The molecule has 0 unspecified atom stereocenters. The molecule has 0 amide bonds. The summed E-state index contributed by atoms with van der Waals surface area (Å²) in [6.07, 6.45) is -11.8. The van der Waals surface area contributed by atoms with Gasteiger partial charge in [-0.25, -0.2) is 0 Å². The van der Waals surface area contributed by atoms with Crippen LogP contribution in [0.25, 0.3) is 0 Å².